The number of benzene rings is 1. The molecule has 2 aliphatic heterocycles. The smallest absolute Gasteiger partial charge is 0.254 e. The van der Waals surface area contributed by atoms with E-state index in [1.165, 1.54) is 0 Å². The molecule has 0 spiro atoms. The second-order valence-corrected chi connectivity index (χ2v) is 10.2. The molecule has 9 heteroatoms. The third-order valence-corrected chi connectivity index (χ3v) is 7.41. The highest BCUT2D eigenvalue weighted by Crippen LogP contribution is 2.33. The molecule has 2 aliphatic rings. The van der Waals surface area contributed by atoms with Crippen molar-refractivity contribution in [2.24, 2.45) is 5.92 Å². The van der Waals surface area contributed by atoms with Crippen molar-refractivity contribution >= 4 is 33.3 Å². The van der Waals surface area contributed by atoms with E-state index in [1.54, 1.807) is 4.52 Å². The Morgan fingerprint density at radius 2 is 2.03 bits per heavy atom. The Hall–Kier alpha value is -2.96. The molecule has 0 radical (unpaired) electrons. The zero-order chi connectivity index (χ0) is 24.0. The molecule has 1 amide bonds. The van der Waals surface area contributed by atoms with Gasteiger partial charge in [-0.2, -0.15) is 10.4 Å². The molecule has 0 saturated carbocycles. The molecule has 2 saturated heterocycles. The number of carbonyl (C=O) groups excluding carboxylic acids is 1. The van der Waals surface area contributed by atoms with Crippen LogP contribution in [0.25, 0.3) is 5.65 Å². The predicted molar refractivity (Wildman–Crippen MR) is 132 cm³/mol. The van der Waals surface area contributed by atoms with E-state index in [0.29, 0.717) is 30.8 Å². The van der Waals surface area contributed by atoms with E-state index in [4.69, 9.17) is 10.1 Å². The van der Waals surface area contributed by atoms with E-state index >= 15 is 0 Å². The molecule has 1 aromatic carbocycles. The minimum absolute atomic E-state index is 0.0268. The first kappa shape index (κ1) is 22.8. The van der Waals surface area contributed by atoms with Crippen molar-refractivity contribution in [1.29, 1.82) is 5.26 Å². The standard InChI is InChI=1S/C25H27BrN6O2/c1-15-6-7-18(26)9-19(15)25(34)31-8-4-3-5-21(31)20-10-23-28-24(16(2)12-32(23)29-20)30-13-17(11-27)22(33)14-30/h6-7,9-10,12,17,21-22,33H,3-5,8,13-14H2,1-2H3/t17-,21+,22+/m1/s1. The second-order valence-electron chi connectivity index (χ2n) is 9.30. The third kappa shape index (κ3) is 4.05. The van der Waals surface area contributed by atoms with Gasteiger partial charge in [0.2, 0.25) is 0 Å². The Morgan fingerprint density at radius 1 is 1.21 bits per heavy atom. The zero-order valence-electron chi connectivity index (χ0n) is 19.3. The number of nitriles is 1. The van der Waals surface area contributed by atoms with Gasteiger partial charge in [-0.1, -0.05) is 22.0 Å². The summed E-state index contributed by atoms with van der Waals surface area (Å²) in [5.41, 5.74) is 4.12. The van der Waals surface area contributed by atoms with E-state index in [-0.39, 0.29) is 11.9 Å². The zero-order valence-corrected chi connectivity index (χ0v) is 20.9. The number of anilines is 1. The van der Waals surface area contributed by atoms with Gasteiger partial charge in [0.1, 0.15) is 5.82 Å². The van der Waals surface area contributed by atoms with Gasteiger partial charge in [0.05, 0.1) is 29.8 Å². The van der Waals surface area contributed by atoms with Crippen LogP contribution in [0, 0.1) is 31.1 Å². The Bertz CT molecular complexity index is 1300. The maximum Gasteiger partial charge on any atom is 0.254 e. The number of hydrogen-bond acceptors (Lipinski definition) is 6. The fourth-order valence-electron chi connectivity index (χ4n) is 5.05. The summed E-state index contributed by atoms with van der Waals surface area (Å²) >= 11 is 3.49. The molecule has 3 aromatic rings. The number of fused-ring (bicyclic) bond motifs is 1. The van der Waals surface area contributed by atoms with E-state index in [2.05, 4.69) is 22.0 Å². The number of rotatable bonds is 3. The number of halogens is 1. The van der Waals surface area contributed by atoms with Crippen molar-refractivity contribution < 1.29 is 9.90 Å². The number of aryl methyl sites for hydroxylation is 2. The number of likely N-dealkylation sites (tertiary alicyclic amines) is 1. The van der Waals surface area contributed by atoms with Crippen molar-refractivity contribution in [1.82, 2.24) is 19.5 Å². The number of amides is 1. The summed E-state index contributed by atoms with van der Waals surface area (Å²) in [4.78, 5) is 22.3. The lowest BCUT2D eigenvalue weighted by Crippen LogP contribution is -2.39. The summed E-state index contributed by atoms with van der Waals surface area (Å²) in [6.07, 6.45) is 4.13. The van der Waals surface area contributed by atoms with Crippen molar-refractivity contribution in [2.75, 3.05) is 24.5 Å². The third-order valence-electron chi connectivity index (χ3n) is 6.91. The number of aliphatic hydroxyl groups is 1. The fourth-order valence-corrected chi connectivity index (χ4v) is 5.41. The normalized spacial score (nSPS) is 22.9. The number of carbonyl (C=O) groups is 1. The topological polar surface area (TPSA) is 97.8 Å². The SMILES string of the molecule is Cc1ccc(Br)cc1C(=O)N1CCCC[C@H]1c1cc2nc(N3C[C@@H](C#N)[C@@H](O)C3)c(C)cn2n1. The minimum Gasteiger partial charge on any atom is -0.390 e. The highest BCUT2D eigenvalue weighted by molar-refractivity contribution is 9.10. The van der Waals surface area contributed by atoms with Crippen LogP contribution in [0.1, 0.15) is 52.5 Å². The first-order valence-corrected chi connectivity index (χ1v) is 12.4. The van der Waals surface area contributed by atoms with Crippen LogP contribution in [-0.4, -0.2) is 56.2 Å². The number of aliphatic hydroxyl groups excluding tert-OH is 1. The van der Waals surface area contributed by atoms with Gasteiger partial charge in [-0.25, -0.2) is 9.50 Å². The molecule has 5 rings (SSSR count). The first-order valence-electron chi connectivity index (χ1n) is 11.6. The van der Waals surface area contributed by atoms with Gasteiger partial charge in [-0.3, -0.25) is 4.79 Å². The Balaban J connectivity index is 1.47. The van der Waals surface area contributed by atoms with Crippen LogP contribution >= 0.6 is 15.9 Å². The highest BCUT2D eigenvalue weighted by Gasteiger charge is 2.34. The lowest BCUT2D eigenvalue weighted by atomic mass is 9.97. The van der Waals surface area contributed by atoms with E-state index in [0.717, 1.165) is 46.4 Å². The first-order chi connectivity index (χ1) is 16.4. The van der Waals surface area contributed by atoms with Crippen molar-refractivity contribution in [3.63, 3.8) is 0 Å². The van der Waals surface area contributed by atoms with Crippen LogP contribution in [0.2, 0.25) is 0 Å². The number of β-amino-alcohol motifs (C(OH)–C–C–N with tert-alkyl or cyclic N) is 1. The molecule has 2 fully saturated rings. The number of hydrogen-bond donors (Lipinski definition) is 1. The lowest BCUT2D eigenvalue weighted by Gasteiger charge is -2.35. The van der Waals surface area contributed by atoms with Crippen molar-refractivity contribution in [2.45, 2.75) is 45.3 Å². The van der Waals surface area contributed by atoms with E-state index in [9.17, 15) is 15.2 Å². The van der Waals surface area contributed by atoms with Crippen LogP contribution in [0.5, 0.6) is 0 Å². The molecular formula is C25H27BrN6O2. The van der Waals surface area contributed by atoms with Crippen LogP contribution < -0.4 is 4.90 Å². The molecule has 176 valence electrons. The van der Waals surface area contributed by atoms with Gasteiger partial charge < -0.3 is 14.9 Å². The summed E-state index contributed by atoms with van der Waals surface area (Å²) in [7, 11) is 0. The molecule has 1 N–H and O–H groups in total. The largest absolute Gasteiger partial charge is 0.390 e. The van der Waals surface area contributed by atoms with Gasteiger partial charge in [-0.15, -0.1) is 0 Å². The Morgan fingerprint density at radius 3 is 2.79 bits per heavy atom. The second kappa shape index (κ2) is 9.01. The van der Waals surface area contributed by atoms with Crippen LogP contribution in [0.3, 0.4) is 0 Å². The van der Waals surface area contributed by atoms with Gasteiger partial charge in [-0.05, 0) is 50.8 Å². The highest BCUT2D eigenvalue weighted by atomic mass is 79.9. The van der Waals surface area contributed by atoms with Crippen LogP contribution in [0.15, 0.2) is 34.9 Å². The lowest BCUT2D eigenvalue weighted by molar-refractivity contribution is 0.0605. The molecule has 34 heavy (non-hydrogen) atoms. The Kier molecular flexibility index (Phi) is 6.04. The average molecular weight is 523 g/mol. The number of nitrogens with zero attached hydrogens (tertiary/aromatic N) is 6. The van der Waals surface area contributed by atoms with Crippen LogP contribution in [-0.2, 0) is 0 Å². The quantitative estimate of drug-likeness (QED) is 0.561. The molecule has 0 aliphatic carbocycles. The molecular weight excluding hydrogens is 496 g/mol. The van der Waals surface area contributed by atoms with Gasteiger partial charge in [0.25, 0.3) is 5.91 Å². The molecule has 8 nitrogen and oxygen atoms in total. The summed E-state index contributed by atoms with van der Waals surface area (Å²) in [6.45, 7) is 5.47. The molecule has 0 unspecified atom stereocenters. The van der Waals surface area contributed by atoms with Crippen molar-refractivity contribution in [3.8, 4) is 6.07 Å². The molecule has 4 heterocycles. The maximum atomic E-state index is 13.5. The monoisotopic (exact) mass is 522 g/mol. The maximum absolute atomic E-state index is 13.5. The predicted octanol–water partition coefficient (Wildman–Crippen LogP) is 3.80. The van der Waals surface area contributed by atoms with Crippen molar-refractivity contribution in [3.05, 3.63) is 57.3 Å². The van der Waals surface area contributed by atoms with Crippen LogP contribution in [0.4, 0.5) is 5.82 Å². The van der Waals surface area contributed by atoms with Gasteiger partial charge in [0, 0.05) is 47.5 Å². The van der Waals surface area contributed by atoms with E-state index in [1.807, 2.05) is 54.1 Å². The summed E-state index contributed by atoms with van der Waals surface area (Å²) in [5, 5.41) is 24.2. The summed E-state index contributed by atoms with van der Waals surface area (Å²) in [5.74, 6) is 0.372. The minimum atomic E-state index is -0.675. The van der Waals surface area contributed by atoms with Gasteiger partial charge in [0.15, 0.2) is 5.65 Å². The Labute approximate surface area is 206 Å². The van der Waals surface area contributed by atoms with E-state index < -0.39 is 12.0 Å². The van der Waals surface area contributed by atoms with Gasteiger partial charge >= 0.3 is 0 Å². The summed E-state index contributed by atoms with van der Waals surface area (Å²) < 4.78 is 2.66. The number of aromatic nitrogens is 3. The molecule has 2 aromatic heterocycles. The average Bonchev–Trinajstić information content (AvgIpc) is 3.42. The summed E-state index contributed by atoms with van der Waals surface area (Å²) in [6, 6.07) is 9.83. The molecule has 3 atom stereocenters. The fraction of sp³-hybridized carbons (Fsp3) is 0.440. The number of piperidine rings is 1. The molecule has 0 bridgehead atoms.